The average Bonchev–Trinajstić information content (AvgIpc) is 2.60. The van der Waals surface area contributed by atoms with Crippen molar-refractivity contribution >= 4 is 23.9 Å². The molecule has 0 aliphatic rings. The minimum atomic E-state index is -1.10. The maximum Gasteiger partial charge on any atom is 0.338 e. The normalized spacial score (nSPS) is 13.2. The molecule has 0 fully saturated rings. The first-order valence-electron chi connectivity index (χ1n) is 8.42. The van der Waals surface area contributed by atoms with Crippen LogP contribution < -0.4 is 22.9 Å². The molecule has 0 bridgehead atoms. The van der Waals surface area contributed by atoms with Crippen molar-refractivity contribution in [3.05, 3.63) is 12.2 Å². The summed E-state index contributed by atoms with van der Waals surface area (Å²) in [6.07, 6.45) is 4.62. The Bertz CT molecular complexity index is 465. The summed E-state index contributed by atoms with van der Waals surface area (Å²) in [4.78, 5) is 46.0. The molecule has 0 heterocycles. The average molecular weight is 372 g/mol. The Morgan fingerprint density at radius 3 is 1.35 bits per heavy atom. The lowest BCUT2D eigenvalue weighted by Crippen LogP contribution is -2.34. The van der Waals surface area contributed by atoms with Gasteiger partial charge in [-0.05, 0) is 38.8 Å². The summed E-state index contributed by atoms with van der Waals surface area (Å²) in [7, 11) is 0. The van der Waals surface area contributed by atoms with Gasteiger partial charge in [-0.2, -0.15) is 0 Å². The summed E-state index contributed by atoms with van der Waals surface area (Å²) in [5.74, 6) is -4.02. The van der Waals surface area contributed by atoms with Crippen molar-refractivity contribution in [2.45, 2.75) is 50.6 Å². The van der Waals surface area contributed by atoms with Gasteiger partial charge in [-0.3, -0.25) is 0 Å². The third kappa shape index (κ3) is 11.4. The van der Waals surface area contributed by atoms with Crippen LogP contribution in [0, 0.1) is 0 Å². The van der Waals surface area contributed by atoms with Crippen LogP contribution in [0.25, 0.3) is 0 Å². The second-order valence-corrected chi connectivity index (χ2v) is 5.60. The van der Waals surface area contributed by atoms with Crippen LogP contribution in [0.4, 0.5) is 0 Å². The van der Waals surface area contributed by atoms with E-state index in [-0.39, 0.29) is 0 Å². The quantitative estimate of drug-likeness (QED) is 0.137. The zero-order valence-electron chi connectivity index (χ0n) is 14.7. The lowest BCUT2D eigenvalue weighted by molar-refractivity contribution is -0.160. The van der Waals surface area contributed by atoms with Gasteiger partial charge in [0.05, 0.1) is 0 Å². The molecule has 0 aromatic carbocycles. The highest BCUT2D eigenvalue weighted by atomic mass is 16.6. The van der Waals surface area contributed by atoms with Crippen LogP contribution in [-0.2, 0) is 28.7 Å². The van der Waals surface area contributed by atoms with Crippen molar-refractivity contribution in [3.63, 3.8) is 0 Å². The molecule has 0 aromatic rings. The van der Waals surface area contributed by atoms with Gasteiger partial charge in [0.15, 0.2) is 0 Å². The van der Waals surface area contributed by atoms with Crippen molar-refractivity contribution in [1.29, 1.82) is 0 Å². The van der Waals surface area contributed by atoms with Crippen LogP contribution in [0.2, 0.25) is 0 Å². The fourth-order valence-corrected chi connectivity index (χ4v) is 1.81. The van der Waals surface area contributed by atoms with Gasteiger partial charge in [-0.25, -0.2) is 19.2 Å². The van der Waals surface area contributed by atoms with E-state index >= 15 is 0 Å². The molecule has 0 aliphatic carbocycles. The van der Waals surface area contributed by atoms with Gasteiger partial charge in [-0.15, -0.1) is 0 Å². The Hall–Kier alpha value is -2.14. The number of esters is 4. The Balaban J connectivity index is 4.23. The predicted molar refractivity (Wildman–Crippen MR) is 93.1 cm³/mol. The van der Waals surface area contributed by atoms with Gasteiger partial charge in [0.2, 0.25) is 0 Å². The predicted octanol–water partition coefficient (Wildman–Crippen LogP) is -1.41. The van der Waals surface area contributed by atoms with E-state index in [1.807, 2.05) is 0 Å². The van der Waals surface area contributed by atoms with Crippen LogP contribution in [0.1, 0.15) is 38.5 Å². The monoisotopic (exact) mass is 372 g/mol. The maximum atomic E-state index is 11.6. The van der Waals surface area contributed by atoms with E-state index in [0.29, 0.717) is 63.8 Å². The zero-order chi connectivity index (χ0) is 19.9. The Morgan fingerprint density at radius 1 is 0.692 bits per heavy atom. The van der Waals surface area contributed by atoms with E-state index in [1.54, 1.807) is 0 Å². The van der Waals surface area contributed by atoms with E-state index in [0.717, 1.165) is 0 Å². The van der Waals surface area contributed by atoms with Gasteiger partial charge in [0, 0.05) is 12.2 Å². The van der Waals surface area contributed by atoms with Crippen molar-refractivity contribution in [1.82, 2.24) is 0 Å². The fraction of sp³-hybridized carbons (Fsp3) is 0.625. The Labute approximate surface area is 152 Å². The highest BCUT2D eigenvalue weighted by Crippen LogP contribution is 2.02. The fourth-order valence-electron chi connectivity index (χ4n) is 1.81. The third-order valence-corrected chi connectivity index (χ3v) is 3.30. The molecule has 0 aromatic heterocycles. The van der Waals surface area contributed by atoms with Crippen molar-refractivity contribution < 1.29 is 28.7 Å². The molecule has 0 spiro atoms. The number of carbonyl (C=O) groups excluding carboxylic acids is 4. The number of carbonyl (C=O) groups is 4. The van der Waals surface area contributed by atoms with Crippen molar-refractivity contribution in [2.24, 2.45) is 22.9 Å². The highest BCUT2D eigenvalue weighted by Gasteiger charge is 2.19. The molecule has 0 saturated carbocycles. The summed E-state index contributed by atoms with van der Waals surface area (Å²) in [5, 5.41) is 0. The van der Waals surface area contributed by atoms with Crippen molar-refractivity contribution in [3.8, 4) is 0 Å². The standard InChI is InChI=1S/C16H28N4O6/c17-9-3-1-5-11(19)15(23)25-13(21)7-8-14(22)26-16(24)12(20)6-2-4-10-18/h7-8,11-12H,1-6,9-10,17-20H2/b8-7-/t11-,12-/m0/s1. The summed E-state index contributed by atoms with van der Waals surface area (Å²) in [5.41, 5.74) is 21.8. The second kappa shape index (κ2) is 14.1. The number of hydrogen-bond acceptors (Lipinski definition) is 10. The summed E-state index contributed by atoms with van der Waals surface area (Å²) in [6, 6.07) is -1.92. The van der Waals surface area contributed by atoms with E-state index < -0.39 is 36.0 Å². The molecular weight excluding hydrogens is 344 g/mol. The van der Waals surface area contributed by atoms with E-state index in [1.165, 1.54) is 0 Å². The zero-order valence-corrected chi connectivity index (χ0v) is 14.7. The minimum absolute atomic E-state index is 0.325. The van der Waals surface area contributed by atoms with Crippen LogP contribution in [0.5, 0.6) is 0 Å². The van der Waals surface area contributed by atoms with Crippen LogP contribution in [0.15, 0.2) is 12.2 Å². The van der Waals surface area contributed by atoms with Crippen LogP contribution >= 0.6 is 0 Å². The number of rotatable bonds is 12. The molecule has 0 unspecified atom stereocenters. The molecule has 26 heavy (non-hydrogen) atoms. The smallest absolute Gasteiger partial charge is 0.338 e. The summed E-state index contributed by atoms with van der Waals surface area (Å²) in [6.45, 7) is 0.946. The molecule has 2 atom stereocenters. The largest absolute Gasteiger partial charge is 0.389 e. The first kappa shape index (κ1) is 23.9. The van der Waals surface area contributed by atoms with E-state index in [9.17, 15) is 19.2 Å². The molecule has 8 N–H and O–H groups in total. The third-order valence-electron chi connectivity index (χ3n) is 3.30. The van der Waals surface area contributed by atoms with Crippen molar-refractivity contribution in [2.75, 3.05) is 13.1 Å². The molecule has 0 radical (unpaired) electrons. The minimum Gasteiger partial charge on any atom is -0.389 e. The van der Waals surface area contributed by atoms with Gasteiger partial charge >= 0.3 is 23.9 Å². The number of hydrogen-bond donors (Lipinski definition) is 4. The van der Waals surface area contributed by atoms with E-state index in [2.05, 4.69) is 9.47 Å². The molecule has 0 amide bonds. The lowest BCUT2D eigenvalue weighted by Gasteiger charge is -2.09. The lowest BCUT2D eigenvalue weighted by atomic mass is 10.1. The van der Waals surface area contributed by atoms with Gasteiger partial charge in [0.25, 0.3) is 0 Å². The molecule has 10 nitrogen and oxygen atoms in total. The topological polar surface area (TPSA) is 191 Å². The molecule has 0 saturated heterocycles. The molecule has 0 aliphatic heterocycles. The SMILES string of the molecule is NCCCC[C@H](N)C(=O)OC(=O)/C=C\C(=O)OC(=O)[C@@H](N)CCCCN. The van der Waals surface area contributed by atoms with Gasteiger partial charge in [0.1, 0.15) is 12.1 Å². The van der Waals surface area contributed by atoms with Crippen LogP contribution in [-0.4, -0.2) is 49.1 Å². The molecule has 10 heteroatoms. The first-order valence-corrected chi connectivity index (χ1v) is 8.42. The van der Waals surface area contributed by atoms with Crippen LogP contribution in [0.3, 0.4) is 0 Å². The summed E-state index contributed by atoms with van der Waals surface area (Å²) < 4.78 is 8.92. The Kier molecular flexibility index (Phi) is 12.9. The number of nitrogens with two attached hydrogens (primary N) is 4. The second-order valence-electron chi connectivity index (χ2n) is 5.60. The van der Waals surface area contributed by atoms with Gasteiger partial charge < -0.3 is 32.4 Å². The summed E-state index contributed by atoms with van der Waals surface area (Å²) >= 11 is 0. The van der Waals surface area contributed by atoms with E-state index in [4.69, 9.17) is 22.9 Å². The maximum absolute atomic E-state index is 11.6. The highest BCUT2D eigenvalue weighted by molar-refractivity contribution is 6.00. The number of ether oxygens (including phenoxy) is 2. The number of unbranched alkanes of at least 4 members (excludes halogenated alkanes) is 2. The molecule has 0 rings (SSSR count). The molecule has 148 valence electrons. The molecular formula is C16H28N4O6. The van der Waals surface area contributed by atoms with Gasteiger partial charge in [-0.1, -0.05) is 12.8 Å². The Morgan fingerprint density at radius 2 is 1.04 bits per heavy atom. The first-order chi connectivity index (χ1) is 12.3.